The minimum Gasteiger partial charge on any atom is -0.396 e. The van der Waals surface area contributed by atoms with E-state index in [1.54, 1.807) is 24.3 Å². The summed E-state index contributed by atoms with van der Waals surface area (Å²) in [5.41, 5.74) is 1.01. The quantitative estimate of drug-likeness (QED) is 0.849. The van der Waals surface area contributed by atoms with Crippen molar-refractivity contribution in [2.75, 3.05) is 26.4 Å². The number of likely N-dealkylation sites (tertiary alicyclic amines) is 1. The van der Waals surface area contributed by atoms with Gasteiger partial charge < -0.3 is 5.11 Å². The Morgan fingerprint density at radius 1 is 1.14 bits per heavy atom. The second-order valence-electron chi connectivity index (χ2n) is 5.82. The number of piperidine rings is 1. The van der Waals surface area contributed by atoms with Gasteiger partial charge in [-0.1, -0.05) is 12.1 Å². The number of carbonyl (C=O) groups is 2. The van der Waals surface area contributed by atoms with Gasteiger partial charge in [-0.25, -0.2) is 0 Å². The number of amides is 2. The third-order valence-electron chi connectivity index (χ3n) is 4.36. The Balaban J connectivity index is 1.69. The second kappa shape index (κ2) is 5.95. The van der Waals surface area contributed by atoms with E-state index in [0.717, 1.165) is 32.4 Å². The van der Waals surface area contributed by atoms with Gasteiger partial charge in [0.15, 0.2) is 0 Å². The molecule has 1 unspecified atom stereocenters. The topological polar surface area (TPSA) is 60.9 Å². The van der Waals surface area contributed by atoms with Gasteiger partial charge in [0, 0.05) is 13.2 Å². The maximum atomic E-state index is 12.3. The average molecular weight is 288 g/mol. The Morgan fingerprint density at radius 3 is 2.43 bits per heavy atom. The van der Waals surface area contributed by atoms with Gasteiger partial charge in [-0.05, 0) is 43.9 Å². The molecule has 1 atom stereocenters. The van der Waals surface area contributed by atoms with Gasteiger partial charge in [-0.2, -0.15) is 0 Å². The molecule has 1 saturated heterocycles. The average Bonchev–Trinajstić information content (AvgIpc) is 2.74. The number of rotatable bonds is 4. The van der Waals surface area contributed by atoms with Crippen LogP contribution in [0, 0.1) is 5.92 Å². The Hall–Kier alpha value is -1.72. The lowest BCUT2D eigenvalue weighted by Gasteiger charge is -2.34. The first-order valence-corrected chi connectivity index (χ1v) is 7.49. The van der Waals surface area contributed by atoms with Gasteiger partial charge in [0.05, 0.1) is 17.8 Å². The molecule has 112 valence electrons. The summed E-state index contributed by atoms with van der Waals surface area (Å²) in [7, 11) is 0. The van der Waals surface area contributed by atoms with Gasteiger partial charge in [0.1, 0.15) is 0 Å². The molecule has 2 amide bonds. The number of aliphatic hydroxyl groups excluding tert-OH is 1. The van der Waals surface area contributed by atoms with E-state index >= 15 is 0 Å². The number of nitrogens with zero attached hydrogens (tertiary/aromatic N) is 2. The summed E-state index contributed by atoms with van der Waals surface area (Å²) in [4.78, 5) is 28.1. The van der Waals surface area contributed by atoms with Crippen molar-refractivity contribution < 1.29 is 14.7 Å². The zero-order chi connectivity index (χ0) is 14.8. The fraction of sp³-hybridized carbons (Fsp3) is 0.500. The fourth-order valence-corrected chi connectivity index (χ4v) is 3.27. The van der Waals surface area contributed by atoms with Crippen molar-refractivity contribution >= 4 is 11.8 Å². The first kappa shape index (κ1) is 14.2. The van der Waals surface area contributed by atoms with Crippen molar-refractivity contribution in [1.29, 1.82) is 0 Å². The van der Waals surface area contributed by atoms with Crippen LogP contribution in [0.15, 0.2) is 24.3 Å². The minimum atomic E-state index is -0.195. The van der Waals surface area contributed by atoms with Crippen LogP contribution in [0.3, 0.4) is 0 Å². The van der Waals surface area contributed by atoms with E-state index in [1.807, 2.05) is 0 Å². The van der Waals surface area contributed by atoms with Crippen LogP contribution in [0.5, 0.6) is 0 Å². The number of fused-ring (bicyclic) bond motifs is 1. The van der Waals surface area contributed by atoms with Crippen molar-refractivity contribution in [2.45, 2.75) is 19.3 Å². The molecule has 2 heterocycles. The minimum absolute atomic E-state index is 0.195. The van der Waals surface area contributed by atoms with Crippen LogP contribution in [0.4, 0.5) is 0 Å². The zero-order valence-corrected chi connectivity index (χ0v) is 12.0. The van der Waals surface area contributed by atoms with Crippen molar-refractivity contribution in [1.82, 2.24) is 9.80 Å². The largest absolute Gasteiger partial charge is 0.396 e. The molecule has 5 heteroatoms. The van der Waals surface area contributed by atoms with Crippen molar-refractivity contribution in [3.05, 3.63) is 35.4 Å². The zero-order valence-electron chi connectivity index (χ0n) is 12.0. The smallest absolute Gasteiger partial charge is 0.262 e. The predicted octanol–water partition coefficient (Wildman–Crippen LogP) is 1.33. The number of hydrogen-bond acceptors (Lipinski definition) is 4. The summed E-state index contributed by atoms with van der Waals surface area (Å²) < 4.78 is 0. The molecule has 2 aliphatic rings. The Labute approximate surface area is 124 Å². The highest BCUT2D eigenvalue weighted by molar-refractivity contribution is 6.21. The highest BCUT2D eigenvalue weighted by Gasteiger charge is 2.36. The van der Waals surface area contributed by atoms with Crippen LogP contribution in [0.25, 0.3) is 0 Å². The number of benzene rings is 1. The molecule has 0 radical (unpaired) electrons. The number of hydrogen-bond donors (Lipinski definition) is 1. The van der Waals surface area contributed by atoms with Gasteiger partial charge in [0.25, 0.3) is 11.8 Å². The molecule has 3 rings (SSSR count). The predicted molar refractivity (Wildman–Crippen MR) is 77.8 cm³/mol. The van der Waals surface area contributed by atoms with E-state index in [0.29, 0.717) is 23.7 Å². The number of aliphatic hydroxyl groups is 1. The summed E-state index contributed by atoms with van der Waals surface area (Å²) in [5.74, 6) is 0.0682. The third kappa shape index (κ3) is 2.71. The molecule has 1 aromatic rings. The molecule has 5 nitrogen and oxygen atoms in total. The van der Waals surface area contributed by atoms with Crippen LogP contribution in [0.2, 0.25) is 0 Å². The van der Waals surface area contributed by atoms with Crippen LogP contribution < -0.4 is 0 Å². The molecule has 0 bridgehead atoms. The summed E-state index contributed by atoms with van der Waals surface area (Å²) in [6.07, 6.45) is 2.95. The van der Waals surface area contributed by atoms with E-state index in [4.69, 9.17) is 5.11 Å². The van der Waals surface area contributed by atoms with Gasteiger partial charge in [-0.15, -0.1) is 0 Å². The first-order chi connectivity index (χ1) is 10.2. The van der Waals surface area contributed by atoms with Crippen molar-refractivity contribution in [2.24, 2.45) is 5.92 Å². The van der Waals surface area contributed by atoms with Crippen LogP contribution in [0.1, 0.15) is 40.0 Å². The maximum absolute atomic E-state index is 12.3. The summed E-state index contributed by atoms with van der Waals surface area (Å²) in [5, 5.41) is 9.05. The van der Waals surface area contributed by atoms with E-state index in [-0.39, 0.29) is 18.4 Å². The van der Waals surface area contributed by atoms with E-state index < -0.39 is 0 Å². The normalized spacial score (nSPS) is 22.7. The Morgan fingerprint density at radius 2 is 1.81 bits per heavy atom. The molecule has 1 N–H and O–H groups in total. The van der Waals surface area contributed by atoms with Gasteiger partial charge >= 0.3 is 0 Å². The number of imide groups is 1. The fourth-order valence-electron chi connectivity index (χ4n) is 3.27. The lowest BCUT2D eigenvalue weighted by molar-refractivity contribution is 0.0466. The van der Waals surface area contributed by atoms with Gasteiger partial charge in [0.2, 0.25) is 0 Å². The lowest BCUT2D eigenvalue weighted by atomic mass is 9.95. The molecule has 0 aliphatic carbocycles. The van der Waals surface area contributed by atoms with E-state index in [9.17, 15) is 9.59 Å². The van der Waals surface area contributed by atoms with Gasteiger partial charge in [-0.3, -0.25) is 19.4 Å². The monoisotopic (exact) mass is 288 g/mol. The Bertz CT molecular complexity index is 521. The molecule has 21 heavy (non-hydrogen) atoms. The van der Waals surface area contributed by atoms with Crippen LogP contribution >= 0.6 is 0 Å². The van der Waals surface area contributed by atoms with E-state index in [2.05, 4.69) is 4.90 Å². The standard InChI is InChI=1S/C16H20N2O3/c19-9-7-12-4-3-8-17(10-12)11-18-15(20)13-5-1-2-6-14(13)16(18)21/h1-2,5-6,12,19H,3-4,7-11H2. The summed E-state index contributed by atoms with van der Waals surface area (Å²) in [6.45, 7) is 2.29. The highest BCUT2D eigenvalue weighted by atomic mass is 16.3. The second-order valence-corrected chi connectivity index (χ2v) is 5.82. The number of carbonyl (C=O) groups excluding carboxylic acids is 2. The molecule has 1 aromatic carbocycles. The van der Waals surface area contributed by atoms with Crippen LogP contribution in [-0.2, 0) is 0 Å². The molecular formula is C16H20N2O3. The molecule has 1 fully saturated rings. The summed E-state index contributed by atoms with van der Waals surface area (Å²) in [6, 6.07) is 6.98. The third-order valence-corrected chi connectivity index (χ3v) is 4.36. The Kier molecular flexibility index (Phi) is 4.03. The van der Waals surface area contributed by atoms with Crippen molar-refractivity contribution in [3.63, 3.8) is 0 Å². The SMILES string of the molecule is O=C1c2ccccc2C(=O)N1CN1CCCC(CCO)C1. The van der Waals surface area contributed by atoms with E-state index in [1.165, 1.54) is 4.90 Å². The highest BCUT2D eigenvalue weighted by Crippen LogP contribution is 2.25. The summed E-state index contributed by atoms with van der Waals surface area (Å²) >= 11 is 0. The molecule has 0 spiro atoms. The van der Waals surface area contributed by atoms with Crippen molar-refractivity contribution in [3.8, 4) is 0 Å². The molecule has 2 aliphatic heterocycles. The molecular weight excluding hydrogens is 268 g/mol. The lowest BCUT2D eigenvalue weighted by Crippen LogP contribution is -2.45. The maximum Gasteiger partial charge on any atom is 0.262 e. The molecule has 0 saturated carbocycles. The van der Waals surface area contributed by atoms with Crippen LogP contribution in [-0.4, -0.2) is 53.1 Å². The first-order valence-electron chi connectivity index (χ1n) is 7.49. The molecule has 0 aromatic heterocycles.